The Balaban J connectivity index is 0.00000338. The number of carbonyl (C=O) groups is 2. The molecular weight excluding hydrogens is 357 g/mol. The molecule has 146 valence electrons. The van der Waals surface area contributed by atoms with Gasteiger partial charge in [0.15, 0.2) is 0 Å². The number of rotatable bonds is 7. The second-order valence-corrected chi connectivity index (χ2v) is 7.08. The van der Waals surface area contributed by atoms with Crippen LogP contribution < -0.4 is 11.1 Å². The number of hydrogen-bond acceptors (Lipinski definition) is 3. The van der Waals surface area contributed by atoms with Gasteiger partial charge in [-0.2, -0.15) is 0 Å². The van der Waals surface area contributed by atoms with E-state index in [1.807, 2.05) is 19.9 Å². The van der Waals surface area contributed by atoms with Crippen LogP contribution in [0.5, 0.6) is 0 Å². The second kappa shape index (κ2) is 10.5. The Bertz CT molecular complexity index is 606. The number of amides is 2. The Labute approximate surface area is 160 Å². The molecule has 1 aliphatic rings. The minimum absolute atomic E-state index is 0. The van der Waals surface area contributed by atoms with E-state index in [2.05, 4.69) is 5.32 Å². The Morgan fingerprint density at radius 3 is 2.54 bits per heavy atom. The minimum Gasteiger partial charge on any atom is -0.346 e. The summed E-state index contributed by atoms with van der Waals surface area (Å²) in [7, 11) is 0. The van der Waals surface area contributed by atoms with Crippen LogP contribution in [0.1, 0.15) is 45.1 Å². The third kappa shape index (κ3) is 6.25. The highest BCUT2D eigenvalue weighted by molar-refractivity contribution is 5.87. The number of halogens is 2. The molecule has 0 bridgehead atoms. The van der Waals surface area contributed by atoms with Crippen molar-refractivity contribution < 1.29 is 14.0 Å². The molecule has 26 heavy (non-hydrogen) atoms. The number of carbonyl (C=O) groups excluding carboxylic acids is 2. The molecule has 0 heterocycles. The van der Waals surface area contributed by atoms with Gasteiger partial charge in [0.1, 0.15) is 5.82 Å². The van der Waals surface area contributed by atoms with E-state index in [1.165, 1.54) is 12.1 Å². The van der Waals surface area contributed by atoms with Gasteiger partial charge in [-0.1, -0.05) is 38.8 Å². The highest BCUT2D eigenvalue weighted by Gasteiger charge is 2.27. The van der Waals surface area contributed by atoms with Gasteiger partial charge in [-0.05, 0) is 36.5 Å². The van der Waals surface area contributed by atoms with Gasteiger partial charge in [0.05, 0.1) is 12.6 Å². The third-order valence-corrected chi connectivity index (χ3v) is 4.76. The second-order valence-electron chi connectivity index (χ2n) is 7.08. The molecule has 0 saturated heterocycles. The fraction of sp³-hybridized carbons (Fsp3) is 0.579. The van der Waals surface area contributed by atoms with E-state index >= 15 is 0 Å². The van der Waals surface area contributed by atoms with Crippen molar-refractivity contribution in [2.24, 2.45) is 11.7 Å². The lowest BCUT2D eigenvalue weighted by molar-refractivity contribution is -0.135. The molecule has 1 aromatic carbocycles. The van der Waals surface area contributed by atoms with Crippen molar-refractivity contribution >= 4 is 24.2 Å². The van der Waals surface area contributed by atoms with Crippen LogP contribution in [0.25, 0.3) is 0 Å². The average molecular weight is 386 g/mol. The molecule has 2 rings (SSSR count). The maximum Gasteiger partial charge on any atom is 0.242 e. The molecule has 5 nitrogen and oxygen atoms in total. The number of hydrogen-bond donors (Lipinski definition) is 2. The normalized spacial score (nSPS) is 15.4. The summed E-state index contributed by atoms with van der Waals surface area (Å²) in [6, 6.07) is 5.81. The van der Waals surface area contributed by atoms with Crippen LogP contribution in [0, 0.1) is 11.7 Å². The number of nitrogens with zero attached hydrogens (tertiary/aromatic N) is 1. The van der Waals surface area contributed by atoms with Crippen LogP contribution in [0.2, 0.25) is 0 Å². The maximum absolute atomic E-state index is 13.4. The molecule has 2 amide bonds. The lowest BCUT2D eigenvalue weighted by Gasteiger charge is -2.29. The van der Waals surface area contributed by atoms with Crippen LogP contribution in [-0.4, -0.2) is 35.3 Å². The molecule has 0 aliphatic heterocycles. The molecule has 1 saturated carbocycles. The summed E-state index contributed by atoms with van der Waals surface area (Å²) in [5, 5.41) is 2.64. The highest BCUT2D eigenvalue weighted by atomic mass is 35.5. The smallest absolute Gasteiger partial charge is 0.242 e. The first-order valence-corrected chi connectivity index (χ1v) is 8.95. The van der Waals surface area contributed by atoms with Gasteiger partial charge in [-0.3, -0.25) is 9.59 Å². The SMILES string of the molecule is CC(C)[C@H](N)C(=O)NCC(=O)N(Cc1cccc(F)c1)C1CCCC1.Cl. The van der Waals surface area contributed by atoms with Gasteiger partial charge < -0.3 is 16.0 Å². The van der Waals surface area contributed by atoms with Gasteiger partial charge in [0.25, 0.3) is 0 Å². The summed E-state index contributed by atoms with van der Waals surface area (Å²) >= 11 is 0. The molecule has 7 heteroatoms. The van der Waals surface area contributed by atoms with Crippen LogP contribution in [0.3, 0.4) is 0 Å². The first kappa shape index (κ1) is 22.4. The average Bonchev–Trinajstić information content (AvgIpc) is 3.10. The molecule has 1 atom stereocenters. The van der Waals surface area contributed by atoms with Crippen LogP contribution in [0.15, 0.2) is 24.3 Å². The molecule has 1 aromatic rings. The standard InChI is InChI=1S/C19H28FN3O2.ClH/c1-13(2)18(21)19(25)22-11-17(24)23(16-8-3-4-9-16)12-14-6-5-7-15(20)10-14;/h5-7,10,13,16,18H,3-4,8-9,11-12,21H2,1-2H3,(H,22,25);1H/t18-;/m0./s1. The monoisotopic (exact) mass is 385 g/mol. The van der Waals surface area contributed by atoms with Crippen LogP contribution in [0.4, 0.5) is 4.39 Å². The number of nitrogens with one attached hydrogen (secondary N) is 1. The predicted octanol–water partition coefficient (Wildman–Crippen LogP) is 2.62. The third-order valence-electron chi connectivity index (χ3n) is 4.76. The van der Waals surface area contributed by atoms with E-state index in [0.717, 1.165) is 31.2 Å². The van der Waals surface area contributed by atoms with Crippen LogP contribution in [-0.2, 0) is 16.1 Å². The molecule has 0 spiro atoms. The summed E-state index contributed by atoms with van der Waals surface area (Å²) in [4.78, 5) is 26.4. The maximum atomic E-state index is 13.4. The summed E-state index contributed by atoms with van der Waals surface area (Å²) < 4.78 is 13.4. The summed E-state index contributed by atoms with van der Waals surface area (Å²) in [5.74, 6) is -0.776. The lowest BCUT2D eigenvalue weighted by atomic mass is 10.1. The van der Waals surface area contributed by atoms with Crippen molar-refractivity contribution in [1.82, 2.24) is 10.2 Å². The molecular formula is C19H29ClFN3O2. The van der Waals surface area contributed by atoms with Crippen molar-refractivity contribution in [2.75, 3.05) is 6.54 Å². The van der Waals surface area contributed by atoms with E-state index in [9.17, 15) is 14.0 Å². The quantitative estimate of drug-likeness (QED) is 0.757. The first-order valence-electron chi connectivity index (χ1n) is 8.95. The van der Waals surface area contributed by atoms with E-state index < -0.39 is 6.04 Å². The van der Waals surface area contributed by atoms with E-state index in [0.29, 0.717) is 6.54 Å². The van der Waals surface area contributed by atoms with E-state index in [4.69, 9.17) is 5.73 Å². The Hall–Kier alpha value is -1.66. The van der Waals surface area contributed by atoms with Gasteiger partial charge in [-0.25, -0.2) is 4.39 Å². The van der Waals surface area contributed by atoms with Gasteiger partial charge >= 0.3 is 0 Å². The van der Waals surface area contributed by atoms with E-state index in [1.54, 1.807) is 11.0 Å². The number of benzene rings is 1. The van der Waals surface area contributed by atoms with Gasteiger partial charge in [0, 0.05) is 12.6 Å². The molecule has 0 unspecified atom stereocenters. The van der Waals surface area contributed by atoms with Crippen molar-refractivity contribution in [1.29, 1.82) is 0 Å². The van der Waals surface area contributed by atoms with E-state index in [-0.39, 0.29) is 48.5 Å². The Kier molecular flexibility index (Phi) is 9.02. The summed E-state index contributed by atoms with van der Waals surface area (Å²) in [6.07, 6.45) is 4.06. The highest BCUT2D eigenvalue weighted by Crippen LogP contribution is 2.25. The van der Waals surface area contributed by atoms with Gasteiger partial charge in [0.2, 0.25) is 11.8 Å². The van der Waals surface area contributed by atoms with Gasteiger partial charge in [-0.15, -0.1) is 12.4 Å². The molecule has 1 aliphatic carbocycles. The zero-order valence-electron chi connectivity index (χ0n) is 15.4. The molecule has 0 radical (unpaired) electrons. The first-order chi connectivity index (χ1) is 11.9. The minimum atomic E-state index is -0.629. The summed E-state index contributed by atoms with van der Waals surface area (Å²) in [5.41, 5.74) is 6.56. The zero-order chi connectivity index (χ0) is 18.4. The Morgan fingerprint density at radius 1 is 1.31 bits per heavy atom. The van der Waals surface area contributed by atoms with Crippen molar-refractivity contribution in [3.05, 3.63) is 35.6 Å². The fourth-order valence-corrected chi connectivity index (χ4v) is 3.15. The predicted molar refractivity (Wildman–Crippen MR) is 102 cm³/mol. The lowest BCUT2D eigenvalue weighted by Crippen LogP contribution is -2.49. The molecule has 3 N–H and O–H groups in total. The molecule has 0 aromatic heterocycles. The largest absolute Gasteiger partial charge is 0.346 e. The fourth-order valence-electron chi connectivity index (χ4n) is 3.15. The molecule has 1 fully saturated rings. The Morgan fingerprint density at radius 2 is 1.96 bits per heavy atom. The van der Waals surface area contributed by atoms with Crippen molar-refractivity contribution in [2.45, 2.75) is 58.2 Å². The summed E-state index contributed by atoms with van der Waals surface area (Å²) in [6.45, 7) is 4.00. The van der Waals surface area contributed by atoms with Crippen molar-refractivity contribution in [3.63, 3.8) is 0 Å². The zero-order valence-corrected chi connectivity index (χ0v) is 16.2. The van der Waals surface area contributed by atoms with Crippen molar-refractivity contribution in [3.8, 4) is 0 Å². The topological polar surface area (TPSA) is 75.4 Å². The number of nitrogens with two attached hydrogens (primary N) is 1. The van der Waals surface area contributed by atoms with Crippen LogP contribution >= 0.6 is 12.4 Å².